The average molecular weight is 315 g/mol. The summed E-state index contributed by atoms with van der Waals surface area (Å²) in [7, 11) is 1.54. The van der Waals surface area contributed by atoms with Crippen LogP contribution in [0.25, 0.3) is 11.6 Å². The topological polar surface area (TPSA) is 55.1 Å². The maximum Gasteiger partial charge on any atom is 0.179 e. The lowest BCUT2D eigenvalue weighted by atomic mass is 10.1. The highest BCUT2D eigenvalue weighted by Gasteiger charge is 2.11. The Labute approximate surface area is 134 Å². The zero-order chi connectivity index (χ0) is 15.9. The largest absolute Gasteiger partial charge is 0.491 e. The minimum Gasteiger partial charge on any atom is -0.491 e. The van der Waals surface area contributed by atoms with E-state index in [9.17, 15) is 5.26 Å². The Kier molecular flexibility index (Phi) is 5.40. The number of aromatic nitrogens is 1. The lowest BCUT2D eigenvalue weighted by Gasteiger charge is -2.12. The molecule has 0 aliphatic carbocycles. The first kappa shape index (κ1) is 15.9. The number of pyridine rings is 1. The molecule has 0 atom stereocenters. The molecular formula is C17H15ClN2O2. The summed E-state index contributed by atoms with van der Waals surface area (Å²) in [6.07, 6.45) is 3.36. The van der Waals surface area contributed by atoms with E-state index in [-0.39, 0.29) is 0 Å². The molecule has 1 aromatic carbocycles. The lowest BCUT2D eigenvalue weighted by molar-refractivity contribution is 0.311. The molecule has 5 heteroatoms. The van der Waals surface area contributed by atoms with Crippen molar-refractivity contribution in [1.82, 2.24) is 4.98 Å². The van der Waals surface area contributed by atoms with Crippen molar-refractivity contribution in [3.05, 3.63) is 52.8 Å². The molecular weight excluding hydrogens is 300 g/mol. The van der Waals surface area contributed by atoms with Crippen LogP contribution in [0.5, 0.6) is 11.5 Å². The van der Waals surface area contributed by atoms with Gasteiger partial charge in [0, 0.05) is 6.20 Å². The number of hydrogen-bond donors (Lipinski definition) is 0. The van der Waals surface area contributed by atoms with E-state index in [1.165, 1.54) is 7.11 Å². The predicted octanol–water partition coefficient (Wildman–Crippen LogP) is 4.21. The van der Waals surface area contributed by atoms with Gasteiger partial charge in [-0.3, -0.25) is 4.98 Å². The van der Waals surface area contributed by atoms with E-state index >= 15 is 0 Å². The summed E-state index contributed by atoms with van der Waals surface area (Å²) in [5.74, 6) is 1.03. The monoisotopic (exact) mass is 314 g/mol. The van der Waals surface area contributed by atoms with Crippen molar-refractivity contribution in [3.8, 4) is 17.6 Å². The first-order valence-electron chi connectivity index (χ1n) is 6.73. The van der Waals surface area contributed by atoms with E-state index in [2.05, 4.69) is 11.1 Å². The van der Waals surface area contributed by atoms with Crippen LogP contribution >= 0.6 is 11.6 Å². The van der Waals surface area contributed by atoms with Crippen molar-refractivity contribution < 1.29 is 9.47 Å². The van der Waals surface area contributed by atoms with Gasteiger partial charge in [-0.2, -0.15) is 5.26 Å². The molecule has 0 amide bonds. The number of rotatable bonds is 5. The summed E-state index contributed by atoms with van der Waals surface area (Å²) < 4.78 is 10.8. The smallest absolute Gasteiger partial charge is 0.179 e. The molecule has 0 saturated heterocycles. The predicted molar refractivity (Wildman–Crippen MR) is 86.9 cm³/mol. The zero-order valence-corrected chi connectivity index (χ0v) is 13.1. The van der Waals surface area contributed by atoms with Crippen molar-refractivity contribution in [3.63, 3.8) is 0 Å². The van der Waals surface area contributed by atoms with Gasteiger partial charge in [-0.1, -0.05) is 17.7 Å². The maximum absolute atomic E-state index is 9.34. The molecule has 0 aliphatic rings. The number of halogens is 1. The molecule has 0 saturated carbocycles. The van der Waals surface area contributed by atoms with E-state index in [0.717, 1.165) is 5.56 Å². The molecule has 22 heavy (non-hydrogen) atoms. The van der Waals surface area contributed by atoms with E-state index in [1.54, 1.807) is 36.5 Å². The van der Waals surface area contributed by atoms with Gasteiger partial charge >= 0.3 is 0 Å². The Hall–Kier alpha value is -2.51. The number of ether oxygens (including phenoxy) is 2. The van der Waals surface area contributed by atoms with Crippen LogP contribution in [-0.2, 0) is 0 Å². The van der Waals surface area contributed by atoms with Crippen LogP contribution in [0.3, 0.4) is 0 Å². The highest BCUT2D eigenvalue weighted by Crippen LogP contribution is 2.37. The third kappa shape index (κ3) is 3.57. The SMILES string of the molecule is CCOc1cc(/C=C(\C#N)c2ccccn2)cc(Cl)c1OC. The molecule has 0 bridgehead atoms. The lowest BCUT2D eigenvalue weighted by Crippen LogP contribution is -1.96. The molecule has 0 spiro atoms. The van der Waals surface area contributed by atoms with Crippen LogP contribution < -0.4 is 9.47 Å². The van der Waals surface area contributed by atoms with Gasteiger partial charge in [-0.05, 0) is 42.8 Å². The Morgan fingerprint density at radius 3 is 2.82 bits per heavy atom. The van der Waals surface area contributed by atoms with Crippen molar-refractivity contribution in [2.45, 2.75) is 6.92 Å². The fraction of sp³-hybridized carbons (Fsp3) is 0.176. The van der Waals surface area contributed by atoms with Crippen LogP contribution in [0.2, 0.25) is 5.02 Å². The molecule has 0 radical (unpaired) electrons. The number of allylic oxidation sites excluding steroid dienone is 1. The summed E-state index contributed by atoms with van der Waals surface area (Å²) in [4.78, 5) is 4.18. The van der Waals surface area contributed by atoms with Crippen molar-refractivity contribution in [1.29, 1.82) is 5.26 Å². The van der Waals surface area contributed by atoms with Gasteiger partial charge in [-0.25, -0.2) is 0 Å². The zero-order valence-electron chi connectivity index (χ0n) is 12.3. The number of hydrogen-bond acceptors (Lipinski definition) is 4. The summed E-state index contributed by atoms with van der Waals surface area (Å²) in [5, 5.41) is 9.77. The average Bonchev–Trinajstić information content (AvgIpc) is 2.53. The third-order valence-electron chi connectivity index (χ3n) is 2.91. The van der Waals surface area contributed by atoms with E-state index in [1.807, 2.05) is 13.0 Å². The van der Waals surface area contributed by atoms with Gasteiger partial charge < -0.3 is 9.47 Å². The van der Waals surface area contributed by atoms with Crippen LogP contribution in [0.4, 0.5) is 0 Å². The fourth-order valence-electron chi connectivity index (χ4n) is 1.98. The van der Waals surface area contributed by atoms with Gasteiger partial charge in [0.05, 0.1) is 30.0 Å². The minimum atomic E-state index is 0.429. The standard InChI is InChI=1S/C17H15ClN2O2/c1-3-22-16-10-12(9-14(18)17(16)21-2)8-13(11-19)15-6-4-5-7-20-15/h4-10H,3H2,1-2H3/b13-8+. The normalized spacial score (nSPS) is 10.9. The second-order valence-corrected chi connectivity index (χ2v) is 4.76. The van der Waals surface area contributed by atoms with Gasteiger partial charge in [0.25, 0.3) is 0 Å². The highest BCUT2D eigenvalue weighted by atomic mass is 35.5. The number of methoxy groups -OCH3 is 1. The molecule has 1 heterocycles. The Morgan fingerprint density at radius 2 is 2.23 bits per heavy atom. The van der Waals surface area contributed by atoms with Crippen molar-refractivity contribution in [2.75, 3.05) is 13.7 Å². The molecule has 0 aliphatic heterocycles. The van der Waals surface area contributed by atoms with Crippen LogP contribution in [0.1, 0.15) is 18.2 Å². The summed E-state index contributed by atoms with van der Waals surface area (Å²) in [6, 6.07) is 11.1. The first-order chi connectivity index (χ1) is 10.7. The molecule has 2 aromatic rings. The van der Waals surface area contributed by atoms with Gasteiger partial charge in [0.1, 0.15) is 6.07 Å². The van der Waals surface area contributed by atoms with Gasteiger partial charge in [0.2, 0.25) is 0 Å². The Morgan fingerprint density at radius 1 is 1.41 bits per heavy atom. The van der Waals surface area contributed by atoms with Gasteiger partial charge in [0.15, 0.2) is 11.5 Å². The summed E-state index contributed by atoms with van der Waals surface area (Å²) in [6.45, 7) is 2.37. The van der Waals surface area contributed by atoms with E-state index < -0.39 is 0 Å². The number of benzene rings is 1. The Balaban J connectivity index is 2.48. The highest BCUT2D eigenvalue weighted by molar-refractivity contribution is 6.32. The maximum atomic E-state index is 9.34. The molecule has 0 fully saturated rings. The third-order valence-corrected chi connectivity index (χ3v) is 3.19. The molecule has 2 rings (SSSR count). The second-order valence-electron chi connectivity index (χ2n) is 4.35. The van der Waals surface area contributed by atoms with E-state index in [4.69, 9.17) is 21.1 Å². The first-order valence-corrected chi connectivity index (χ1v) is 7.11. The van der Waals surface area contributed by atoms with Crippen molar-refractivity contribution in [2.24, 2.45) is 0 Å². The second kappa shape index (κ2) is 7.48. The summed E-state index contributed by atoms with van der Waals surface area (Å²) in [5.41, 5.74) is 1.80. The Bertz CT molecular complexity index is 721. The molecule has 0 N–H and O–H groups in total. The van der Waals surface area contributed by atoms with Crippen molar-refractivity contribution >= 4 is 23.3 Å². The van der Waals surface area contributed by atoms with Crippen LogP contribution in [0, 0.1) is 11.3 Å². The molecule has 1 aromatic heterocycles. The molecule has 112 valence electrons. The molecule has 4 nitrogen and oxygen atoms in total. The number of nitrogens with zero attached hydrogens (tertiary/aromatic N) is 2. The minimum absolute atomic E-state index is 0.429. The quantitative estimate of drug-likeness (QED) is 0.776. The van der Waals surface area contributed by atoms with Gasteiger partial charge in [-0.15, -0.1) is 0 Å². The van der Waals surface area contributed by atoms with Crippen LogP contribution in [0.15, 0.2) is 36.5 Å². The van der Waals surface area contributed by atoms with E-state index in [0.29, 0.717) is 34.4 Å². The number of nitriles is 1. The molecule has 0 unspecified atom stereocenters. The summed E-state index contributed by atoms with van der Waals surface area (Å²) >= 11 is 6.21. The van der Waals surface area contributed by atoms with Crippen LogP contribution in [-0.4, -0.2) is 18.7 Å². The fourth-order valence-corrected chi connectivity index (χ4v) is 2.28.